The van der Waals surface area contributed by atoms with Gasteiger partial charge in [-0.3, -0.25) is 14.5 Å². The van der Waals surface area contributed by atoms with Gasteiger partial charge in [-0.1, -0.05) is 19.1 Å². The highest BCUT2D eigenvalue weighted by Crippen LogP contribution is 2.37. The number of anilines is 3. The van der Waals surface area contributed by atoms with Crippen LogP contribution < -0.4 is 10.2 Å². The van der Waals surface area contributed by atoms with Gasteiger partial charge in [0.05, 0.1) is 48.5 Å². The number of rotatable bonds is 7. The number of pyridine rings is 1. The Morgan fingerprint density at radius 1 is 1.09 bits per heavy atom. The Morgan fingerprint density at radius 3 is 2.69 bits per heavy atom. The fourth-order valence-electron chi connectivity index (χ4n) is 4.32. The normalized spacial score (nSPS) is 16.0. The van der Waals surface area contributed by atoms with Crippen LogP contribution in [0.25, 0.3) is 22.2 Å². The first-order valence-electron chi connectivity index (χ1n) is 12.1. The van der Waals surface area contributed by atoms with Gasteiger partial charge in [0.2, 0.25) is 5.95 Å². The number of hydrogen-bond acceptors (Lipinski definition) is 8. The molecule has 0 bridgehead atoms. The second-order valence-electron chi connectivity index (χ2n) is 8.97. The van der Waals surface area contributed by atoms with Crippen LogP contribution >= 0.6 is 0 Å². The van der Waals surface area contributed by atoms with Gasteiger partial charge in [-0.05, 0) is 31.0 Å². The molecule has 1 aromatic carbocycles. The monoisotopic (exact) mass is 469 g/mol. The third kappa shape index (κ3) is 4.46. The van der Waals surface area contributed by atoms with Crippen LogP contribution in [0.15, 0.2) is 48.8 Å². The number of aromatic nitrogens is 5. The zero-order valence-electron chi connectivity index (χ0n) is 19.6. The van der Waals surface area contributed by atoms with Crippen molar-refractivity contribution in [1.29, 1.82) is 0 Å². The summed E-state index contributed by atoms with van der Waals surface area (Å²) in [5.74, 6) is 1.36. The lowest BCUT2D eigenvalue weighted by Gasteiger charge is -2.27. The van der Waals surface area contributed by atoms with Crippen molar-refractivity contribution in [3.63, 3.8) is 0 Å². The number of benzene rings is 1. The maximum Gasteiger partial charge on any atom is 0.228 e. The molecule has 0 amide bonds. The summed E-state index contributed by atoms with van der Waals surface area (Å²) >= 11 is 0. The smallest absolute Gasteiger partial charge is 0.228 e. The van der Waals surface area contributed by atoms with E-state index in [0.29, 0.717) is 43.1 Å². The topological polar surface area (TPSA) is 98.1 Å². The summed E-state index contributed by atoms with van der Waals surface area (Å²) < 4.78 is 7.66. The summed E-state index contributed by atoms with van der Waals surface area (Å²) in [6.45, 7) is 4.62. The van der Waals surface area contributed by atoms with Crippen molar-refractivity contribution >= 4 is 34.1 Å². The van der Waals surface area contributed by atoms with Crippen LogP contribution in [0.1, 0.15) is 42.7 Å². The Morgan fingerprint density at radius 2 is 1.94 bits per heavy atom. The van der Waals surface area contributed by atoms with Gasteiger partial charge in [0.15, 0.2) is 5.78 Å². The van der Waals surface area contributed by atoms with Crippen molar-refractivity contribution in [2.24, 2.45) is 0 Å². The fourth-order valence-corrected chi connectivity index (χ4v) is 4.32. The molecule has 4 aromatic rings. The molecule has 0 atom stereocenters. The van der Waals surface area contributed by atoms with Crippen molar-refractivity contribution in [2.75, 3.05) is 36.5 Å². The van der Waals surface area contributed by atoms with Crippen molar-refractivity contribution < 1.29 is 9.53 Å². The number of morpholine rings is 1. The molecule has 4 heterocycles. The zero-order chi connectivity index (χ0) is 23.8. The second-order valence-corrected chi connectivity index (χ2v) is 8.97. The number of carbonyl (C=O) groups is 1. The van der Waals surface area contributed by atoms with E-state index in [-0.39, 0.29) is 5.78 Å². The SMILES string of the molecule is CCC(=O)c1ccc(Nc2cc(-c3ccc4cnn(C5CC5)c4c3)nc(N3CCOCC3)n2)cn1. The maximum atomic E-state index is 11.9. The summed E-state index contributed by atoms with van der Waals surface area (Å²) in [5, 5.41) is 9.08. The van der Waals surface area contributed by atoms with Crippen molar-refractivity contribution in [1.82, 2.24) is 24.7 Å². The number of nitrogens with one attached hydrogen (secondary N) is 1. The lowest BCUT2D eigenvalue weighted by atomic mass is 10.1. The van der Waals surface area contributed by atoms with Gasteiger partial charge in [0.25, 0.3) is 0 Å². The first kappa shape index (κ1) is 21.7. The molecule has 6 rings (SSSR count). The summed E-state index contributed by atoms with van der Waals surface area (Å²) in [6.07, 6.45) is 6.39. The second kappa shape index (κ2) is 9.07. The number of carbonyl (C=O) groups excluding carboxylic acids is 1. The van der Waals surface area contributed by atoms with E-state index in [1.807, 2.05) is 25.3 Å². The van der Waals surface area contributed by atoms with Crippen LogP contribution in [0.4, 0.5) is 17.5 Å². The van der Waals surface area contributed by atoms with Gasteiger partial charge in [-0.25, -0.2) is 4.98 Å². The predicted molar refractivity (Wildman–Crippen MR) is 134 cm³/mol. The molecular formula is C26H27N7O2. The van der Waals surface area contributed by atoms with Gasteiger partial charge in [0, 0.05) is 36.5 Å². The third-order valence-electron chi connectivity index (χ3n) is 6.44. The Balaban J connectivity index is 1.37. The van der Waals surface area contributed by atoms with E-state index in [9.17, 15) is 4.79 Å². The Kier molecular flexibility index (Phi) is 5.61. The van der Waals surface area contributed by atoms with Crippen LogP contribution in [-0.2, 0) is 4.74 Å². The lowest BCUT2D eigenvalue weighted by molar-refractivity contribution is 0.0983. The molecule has 178 valence electrons. The van der Waals surface area contributed by atoms with Gasteiger partial charge in [-0.2, -0.15) is 10.1 Å². The fraction of sp³-hybridized carbons (Fsp3) is 0.346. The molecule has 3 aromatic heterocycles. The largest absolute Gasteiger partial charge is 0.378 e. The average molecular weight is 470 g/mol. The minimum atomic E-state index is 0.0244. The Hall–Kier alpha value is -3.85. The van der Waals surface area contributed by atoms with E-state index in [4.69, 9.17) is 14.7 Å². The van der Waals surface area contributed by atoms with Gasteiger partial charge in [0.1, 0.15) is 11.5 Å². The number of nitrogens with zero attached hydrogens (tertiary/aromatic N) is 6. The van der Waals surface area contributed by atoms with E-state index in [0.717, 1.165) is 40.9 Å². The number of hydrogen-bond donors (Lipinski definition) is 1. The molecule has 0 spiro atoms. The summed E-state index contributed by atoms with van der Waals surface area (Å²) in [5.41, 5.74) is 4.21. The summed E-state index contributed by atoms with van der Waals surface area (Å²) in [6, 6.07) is 12.4. The highest BCUT2D eigenvalue weighted by Gasteiger charge is 2.26. The van der Waals surface area contributed by atoms with Crippen LogP contribution in [0, 0.1) is 0 Å². The first-order valence-corrected chi connectivity index (χ1v) is 12.1. The van der Waals surface area contributed by atoms with Crippen LogP contribution in [-0.4, -0.2) is 56.8 Å². The maximum absolute atomic E-state index is 11.9. The molecule has 1 saturated carbocycles. The molecule has 0 radical (unpaired) electrons. The Bertz CT molecular complexity index is 1370. The van der Waals surface area contributed by atoms with E-state index in [1.54, 1.807) is 12.3 Å². The van der Waals surface area contributed by atoms with Crippen LogP contribution in [0.3, 0.4) is 0 Å². The van der Waals surface area contributed by atoms with E-state index >= 15 is 0 Å². The molecule has 0 unspecified atom stereocenters. The van der Waals surface area contributed by atoms with Crippen LogP contribution in [0.2, 0.25) is 0 Å². The average Bonchev–Trinajstić information content (AvgIpc) is 3.67. The third-order valence-corrected chi connectivity index (χ3v) is 6.44. The molecule has 1 N–H and O–H groups in total. The Labute approximate surface area is 203 Å². The number of ether oxygens (including phenoxy) is 1. The minimum absolute atomic E-state index is 0.0244. The molecule has 2 aliphatic rings. The first-order chi connectivity index (χ1) is 17.2. The number of Topliss-reactive ketones (excluding diaryl/α,β-unsaturated/α-hetero) is 1. The van der Waals surface area contributed by atoms with Gasteiger partial charge < -0.3 is 15.0 Å². The van der Waals surface area contributed by atoms with Crippen molar-refractivity contribution in [3.05, 3.63) is 54.5 Å². The molecule has 2 fully saturated rings. The van der Waals surface area contributed by atoms with Gasteiger partial charge >= 0.3 is 0 Å². The molecule has 35 heavy (non-hydrogen) atoms. The molecule has 1 saturated heterocycles. The standard InChI is InChI=1S/C26H27N7O2/c1-2-24(34)21-8-5-19(16-27-21)29-25-14-22(30-26(31-25)32-9-11-35-12-10-32)17-3-4-18-15-28-33(20-6-7-20)23(18)13-17/h3-5,8,13-16,20H,2,6-7,9-12H2,1H3,(H,29,30,31). The van der Waals surface area contributed by atoms with Crippen LogP contribution in [0.5, 0.6) is 0 Å². The molecule has 1 aliphatic carbocycles. The molecular weight excluding hydrogens is 442 g/mol. The van der Waals surface area contributed by atoms with E-state index in [2.05, 4.69) is 43.2 Å². The summed E-state index contributed by atoms with van der Waals surface area (Å²) in [4.78, 5) is 28.1. The number of fused-ring (bicyclic) bond motifs is 1. The van der Waals surface area contributed by atoms with Crippen molar-refractivity contribution in [3.8, 4) is 11.3 Å². The van der Waals surface area contributed by atoms with Gasteiger partial charge in [-0.15, -0.1) is 0 Å². The predicted octanol–water partition coefficient (Wildman–Crippen LogP) is 4.40. The number of ketones is 1. The lowest BCUT2D eigenvalue weighted by Crippen LogP contribution is -2.37. The summed E-state index contributed by atoms with van der Waals surface area (Å²) in [7, 11) is 0. The molecule has 1 aliphatic heterocycles. The quantitative estimate of drug-likeness (QED) is 0.398. The molecule has 9 nitrogen and oxygen atoms in total. The van der Waals surface area contributed by atoms with E-state index < -0.39 is 0 Å². The molecule has 9 heteroatoms. The highest BCUT2D eigenvalue weighted by molar-refractivity contribution is 5.94. The zero-order valence-corrected chi connectivity index (χ0v) is 19.6. The minimum Gasteiger partial charge on any atom is -0.378 e. The highest BCUT2D eigenvalue weighted by atomic mass is 16.5. The van der Waals surface area contributed by atoms with E-state index in [1.165, 1.54) is 12.8 Å². The van der Waals surface area contributed by atoms with Crippen molar-refractivity contribution in [2.45, 2.75) is 32.2 Å².